The van der Waals surface area contributed by atoms with Crippen LogP contribution in [0.1, 0.15) is 58.8 Å². The molecule has 1 amide bonds. The number of amides is 1. The van der Waals surface area contributed by atoms with E-state index in [1.54, 1.807) is 51.6 Å². The maximum atomic E-state index is 13.2. The van der Waals surface area contributed by atoms with Gasteiger partial charge in [-0.15, -0.1) is 0 Å². The van der Waals surface area contributed by atoms with Crippen molar-refractivity contribution in [3.8, 4) is 11.5 Å². The molecule has 0 saturated carbocycles. The Hall–Kier alpha value is -5.41. The Kier molecular flexibility index (Phi) is 10.9. The van der Waals surface area contributed by atoms with Crippen molar-refractivity contribution in [2.24, 2.45) is 13.0 Å². The summed E-state index contributed by atoms with van der Waals surface area (Å²) in [7, 11) is 4.95. The van der Waals surface area contributed by atoms with Crippen LogP contribution in [0.15, 0.2) is 94.1 Å². The lowest BCUT2D eigenvalue weighted by atomic mass is 9.85. The number of H-pyrrole nitrogens is 1. The fraction of sp³-hybridized carbons (Fsp3) is 0.310. The first kappa shape index (κ1) is 35.4. The molecule has 1 atom stereocenters. The largest absolute Gasteiger partial charge is 0.493 e. The van der Waals surface area contributed by atoms with E-state index in [0.29, 0.717) is 28.1 Å². The van der Waals surface area contributed by atoms with Crippen LogP contribution in [-0.2, 0) is 26.4 Å². The van der Waals surface area contributed by atoms with Crippen LogP contribution < -0.4 is 36.6 Å². The first-order valence-electron chi connectivity index (χ1n) is 17.5. The van der Waals surface area contributed by atoms with Crippen molar-refractivity contribution in [1.82, 2.24) is 14.5 Å². The molecule has 0 unspecified atom stereocenters. The van der Waals surface area contributed by atoms with E-state index in [1.165, 1.54) is 26.8 Å². The number of hydrogen-bond donors (Lipinski definition) is 2. The minimum Gasteiger partial charge on any atom is -0.493 e. The van der Waals surface area contributed by atoms with Gasteiger partial charge in [0, 0.05) is 37.9 Å². The van der Waals surface area contributed by atoms with Crippen molar-refractivity contribution < 1.29 is 14.3 Å². The normalized spacial score (nSPS) is 16.7. The van der Waals surface area contributed by atoms with Gasteiger partial charge in [0.05, 0.1) is 14.2 Å². The SMILES string of the molecule is C=C(C)[C@@H]1CC=C(/C=c2/c(=O)[nH]/c(=C\c3ccc(C(=O)Nc4ccc(CCN5CCc6cc(OC)c(OC)cc6C5)cc4)cc3)c(=O)n2C)CC1. The molecule has 6 rings (SSSR count). The molecule has 2 heterocycles. The molecule has 2 N–H and O–H groups in total. The fourth-order valence-electron chi connectivity index (χ4n) is 6.83. The minimum absolute atomic E-state index is 0.183. The van der Waals surface area contributed by atoms with Gasteiger partial charge in [-0.2, -0.15) is 0 Å². The number of carbonyl (C=O) groups excluding carboxylic acids is 1. The highest BCUT2D eigenvalue weighted by atomic mass is 16.5. The predicted octanol–water partition coefficient (Wildman–Crippen LogP) is 4.86. The summed E-state index contributed by atoms with van der Waals surface area (Å²) in [5.41, 5.74) is 7.27. The Morgan fingerprint density at radius 3 is 2.33 bits per heavy atom. The molecule has 0 saturated heterocycles. The van der Waals surface area contributed by atoms with Crippen molar-refractivity contribution in [3.05, 3.63) is 144 Å². The molecule has 9 heteroatoms. The molecule has 1 aromatic heterocycles. The lowest BCUT2D eigenvalue weighted by Gasteiger charge is -2.29. The third kappa shape index (κ3) is 8.32. The van der Waals surface area contributed by atoms with Gasteiger partial charge in [-0.1, -0.05) is 42.5 Å². The van der Waals surface area contributed by atoms with E-state index in [0.717, 1.165) is 68.8 Å². The average Bonchev–Trinajstić information content (AvgIpc) is 3.15. The summed E-state index contributed by atoms with van der Waals surface area (Å²) in [5.74, 6) is 1.76. The highest BCUT2D eigenvalue weighted by molar-refractivity contribution is 6.04. The van der Waals surface area contributed by atoms with Crippen molar-refractivity contribution in [2.45, 2.75) is 45.6 Å². The Labute approximate surface area is 298 Å². The number of hydrogen-bond acceptors (Lipinski definition) is 6. The van der Waals surface area contributed by atoms with Gasteiger partial charge in [0.25, 0.3) is 17.0 Å². The molecule has 0 bridgehead atoms. The average molecular weight is 687 g/mol. The van der Waals surface area contributed by atoms with Gasteiger partial charge >= 0.3 is 0 Å². The maximum Gasteiger partial charge on any atom is 0.274 e. The number of nitrogens with zero attached hydrogens (tertiary/aromatic N) is 2. The van der Waals surface area contributed by atoms with Crippen LogP contribution in [-0.4, -0.2) is 47.7 Å². The summed E-state index contributed by atoms with van der Waals surface area (Å²) in [6.45, 7) is 8.90. The van der Waals surface area contributed by atoms with E-state index in [2.05, 4.69) is 52.1 Å². The van der Waals surface area contributed by atoms with Crippen molar-refractivity contribution in [3.63, 3.8) is 0 Å². The van der Waals surface area contributed by atoms with Gasteiger partial charge < -0.3 is 24.3 Å². The molecular weight excluding hydrogens is 640 g/mol. The maximum absolute atomic E-state index is 13.2. The number of allylic oxidation sites excluding steroid dienone is 3. The highest BCUT2D eigenvalue weighted by Gasteiger charge is 2.19. The van der Waals surface area contributed by atoms with E-state index in [-0.39, 0.29) is 22.4 Å². The molecule has 9 nitrogen and oxygen atoms in total. The molecule has 264 valence electrons. The molecule has 2 aliphatic rings. The Morgan fingerprint density at radius 2 is 1.69 bits per heavy atom. The first-order chi connectivity index (χ1) is 24.6. The van der Waals surface area contributed by atoms with Crippen LogP contribution in [0.25, 0.3) is 12.2 Å². The second kappa shape index (κ2) is 15.6. The predicted molar refractivity (Wildman–Crippen MR) is 203 cm³/mol. The van der Waals surface area contributed by atoms with Crippen molar-refractivity contribution >= 4 is 23.7 Å². The molecule has 0 spiro atoms. The number of benzene rings is 3. The molecule has 0 radical (unpaired) electrons. The van der Waals surface area contributed by atoms with Crippen LogP contribution in [0.3, 0.4) is 0 Å². The van der Waals surface area contributed by atoms with E-state index in [9.17, 15) is 14.4 Å². The Bertz CT molecular complexity index is 2210. The minimum atomic E-state index is -0.326. The van der Waals surface area contributed by atoms with Crippen LogP contribution in [0, 0.1) is 5.92 Å². The molecule has 3 aromatic carbocycles. The number of carbonyl (C=O) groups is 1. The van der Waals surface area contributed by atoms with Gasteiger partial charge in [0.2, 0.25) is 0 Å². The van der Waals surface area contributed by atoms with E-state index >= 15 is 0 Å². The van der Waals surface area contributed by atoms with Gasteiger partial charge in [0.1, 0.15) is 10.7 Å². The van der Waals surface area contributed by atoms with Crippen LogP contribution >= 0.6 is 0 Å². The smallest absolute Gasteiger partial charge is 0.274 e. The topological polar surface area (TPSA) is 106 Å². The number of rotatable bonds is 10. The second-order valence-corrected chi connectivity index (χ2v) is 13.5. The molecule has 1 aliphatic heterocycles. The number of methoxy groups -OCH3 is 2. The van der Waals surface area contributed by atoms with E-state index < -0.39 is 0 Å². The fourth-order valence-corrected chi connectivity index (χ4v) is 6.83. The molecular formula is C42H46N4O5. The molecule has 4 aromatic rings. The number of aromatic nitrogens is 2. The van der Waals surface area contributed by atoms with Crippen LogP contribution in [0.4, 0.5) is 5.69 Å². The van der Waals surface area contributed by atoms with Gasteiger partial charge in [-0.3, -0.25) is 19.3 Å². The number of aromatic amines is 1. The number of fused-ring (bicyclic) bond motifs is 1. The quantitative estimate of drug-likeness (QED) is 0.231. The third-order valence-electron chi connectivity index (χ3n) is 10.1. The molecule has 0 fully saturated rings. The summed E-state index contributed by atoms with van der Waals surface area (Å²) in [6.07, 6.45) is 10.2. The van der Waals surface area contributed by atoms with Gasteiger partial charge in [-0.25, -0.2) is 0 Å². The summed E-state index contributed by atoms with van der Waals surface area (Å²) < 4.78 is 12.4. The zero-order valence-electron chi connectivity index (χ0n) is 29.9. The summed E-state index contributed by atoms with van der Waals surface area (Å²) >= 11 is 0. The standard InChI is InChI=1S/C42H46N4O5/c1-27(2)31-12-6-30(7-13-31)23-37-41(48)44-36(42(49)45(37)3)22-29-8-14-32(15-9-29)40(47)43-35-16-10-28(11-17-35)18-20-46-21-19-33-24-38(50-4)39(51-5)25-34(33)26-46/h6,8-11,14-17,22-25,31H,1,7,12-13,18-21,26H2,2-5H3,(H,43,47)(H,44,48)/b36-22-,37-23-/t31-/m1/s1. The van der Waals surface area contributed by atoms with Crippen LogP contribution in [0.5, 0.6) is 11.5 Å². The van der Waals surface area contributed by atoms with Crippen molar-refractivity contribution in [1.29, 1.82) is 0 Å². The van der Waals surface area contributed by atoms with Gasteiger partial charge in [-0.05, 0) is 121 Å². The summed E-state index contributed by atoms with van der Waals surface area (Å²) in [4.78, 5) is 44.4. The van der Waals surface area contributed by atoms with Gasteiger partial charge in [0.15, 0.2) is 11.5 Å². The summed E-state index contributed by atoms with van der Waals surface area (Å²) in [5, 5.41) is 3.48. The molecule has 1 aliphatic carbocycles. The third-order valence-corrected chi connectivity index (χ3v) is 10.1. The van der Waals surface area contributed by atoms with E-state index in [4.69, 9.17) is 9.47 Å². The highest BCUT2D eigenvalue weighted by Crippen LogP contribution is 2.33. The number of nitrogens with one attached hydrogen (secondary N) is 2. The summed E-state index contributed by atoms with van der Waals surface area (Å²) in [6, 6.07) is 19.0. The van der Waals surface area contributed by atoms with E-state index in [1.807, 2.05) is 25.1 Å². The zero-order valence-corrected chi connectivity index (χ0v) is 29.9. The number of anilines is 1. The first-order valence-corrected chi connectivity index (χ1v) is 17.5. The lowest BCUT2D eigenvalue weighted by molar-refractivity contribution is 0.102. The number of ether oxygens (including phenoxy) is 2. The second-order valence-electron chi connectivity index (χ2n) is 13.5. The van der Waals surface area contributed by atoms with Crippen molar-refractivity contribution in [2.75, 3.05) is 32.6 Å². The monoisotopic (exact) mass is 686 g/mol. The Morgan fingerprint density at radius 1 is 0.980 bits per heavy atom. The lowest BCUT2D eigenvalue weighted by Crippen LogP contribution is -2.52. The molecule has 51 heavy (non-hydrogen) atoms. The zero-order chi connectivity index (χ0) is 36.1. The Balaban J connectivity index is 1.05. The van der Waals surface area contributed by atoms with Crippen LogP contribution in [0.2, 0.25) is 0 Å².